The van der Waals surface area contributed by atoms with Gasteiger partial charge in [-0.2, -0.15) is 0 Å². The number of carbonyl (C=O) groups is 1. The van der Waals surface area contributed by atoms with Crippen molar-refractivity contribution in [1.82, 2.24) is 4.98 Å². The number of aromatic nitrogens is 1. The van der Waals surface area contributed by atoms with Crippen LogP contribution in [0.2, 0.25) is 0 Å². The van der Waals surface area contributed by atoms with E-state index in [2.05, 4.69) is 15.2 Å². The van der Waals surface area contributed by atoms with Gasteiger partial charge in [-0.25, -0.2) is 0 Å². The van der Waals surface area contributed by atoms with Crippen LogP contribution in [-0.4, -0.2) is 24.0 Å². The molecule has 1 aliphatic rings. The van der Waals surface area contributed by atoms with Gasteiger partial charge in [-0.05, 0) is 67.8 Å². The molecular weight excluding hydrogens is 362 g/mol. The van der Waals surface area contributed by atoms with Crippen molar-refractivity contribution >= 4 is 17.3 Å². The molecule has 0 saturated carbocycles. The molecule has 1 aromatic heterocycles. The summed E-state index contributed by atoms with van der Waals surface area (Å²) in [5.41, 5.74) is 3.29. The summed E-state index contributed by atoms with van der Waals surface area (Å²) >= 11 is 0. The first kappa shape index (κ1) is 19.0. The second-order valence-corrected chi connectivity index (χ2v) is 7.15. The van der Waals surface area contributed by atoms with Crippen molar-refractivity contribution in [3.63, 3.8) is 0 Å². The topological polar surface area (TPSA) is 54.5 Å². The first-order valence-electron chi connectivity index (χ1n) is 10.1. The first-order valence-corrected chi connectivity index (χ1v) is 10.1. The van der Waals surface area contributed by atoms with E-state index in [0.717, 1.165) is 18.8 Å². The van der Waals surface area contributed by atoms with Crippen molar-refractivity contribution in [2.24, 2.45) is 0 Å². The molecule has 0 spiro atoms. The molecule has 0 unspecified atom stereocenters. The highest BCUT2D eigenvalue weighted by atomic mass is 16.5. The SMILES string of the molecule is O=C(Nc1ccccc1OCc1ccccn1)c1ccc(N2CCCCC2)cc1. The number of hydrogen-bond acceptors (Lipinski definition) is 4. The summed E-state index contributed by atoms with van der Waals surface area (Å²) in [4.78, 5) is 19.4. The van der Waals surface area contributed by atoms with Crippen molar-refractivity contribution in [3.05, 3.63) is 84.2 Å². The molecule has 2 aromatic carbocycles. The van der Waals surface area contributed by atoms with Crippen LogP contribution in [0.15, 0.2) is 72.9 Å². The van der Waals surface area contributed by atoms with E-state index in [9.17, 15) is 4.79 Å². The zero-order valence-corrected chi connectivity index (χ0v) is 16.4. The van der Waals surface area contributed by atoms with Gasteiger partial charge in [0.2, 0.25) is 0 Å². The summed E-state index contributed by atoms with van der Waals surface area (Å²) in [6.45, 7) is 2.53. The highest BCUT2D eigenvalue weighted by Gasteiger charge is 2.13. The van der Waals surface area contributed by atoms with Crippen LogP contribution in [0.4, 0.5) is 11.4 Å². The number of benzene rings is 2. The Labute approximate surface area is 171 Å². The third-order valence-corrected chi connectivity index (χ3v) is 5.09. The van der Waals surface area contributed by atoms with E-state index >= 15 is 0 Å². The Bertz CT molecular complexity index is 936. The fraction of sp³-hybridized carbons (Fsp3) is 0.250. The number of ether oxygens (including phenoxy) is 1. The van der Waals surface area contributed by atoms with Gasteiger partial charge in [-0.3, -0.25) is 9.78 Å². The number of pyridine rings is 1. The molecule has 1 saturated heterocycles. The molecule has 5 heteroatoms. The lowest BCUT2D eigenvalue weighted by atomic mass is 10.1. The Morgan fingerprint density at radius 2 is 1.69 bits per heavy atom. The molecule has 2 heterocycles. The molecule has 0 radical (unpaired) electrons. The molecule has 3 aromatic rings. The highest BCUT2D eigenvalue weighted by Crippen LogP contribution is 2.26. The van der Waals surface area contributed by atoms with E-state index in [-0.39, 0.29) is 5.91 Å². The molecule has 1 N–H and O–H groups in total. The van der Waals surface area contributed by atoms with Gasteiger partial charge in [0.15, 0.2) is 0 Å². The largest absolute Gasteiger partial charge is 0.485 e. The van der Waals surface area contributed by atoms with E-state index in [1.807, 2.05) is 66.7 Å². The minimum atomic E-state index is -0.149. The smallest absolute Gasteiger partial charge is 0.255 e. The highest BCUT2D eigenvalue weighted by molar-refractivity contribution is 6.05. The van der Waals surface area contributed by atoms with E-state index in [1.165, 1.54) is 24.9 Å². The monoisotopic (exact) mass is 387 g/mol. The van der Waals surface area contributed by atoms with Gasteiger partial charge in [0.25, 0.3) is 5.91 Å². The predicted octanol–water partition coefficient (Wildman–Crippen LogP) is 4.90. The van der Waals surface area contributed by atoms with Crippen molar-refractivity contribution in [2.45, 2.75) is 25.9 Å². The summed E-state index contributed by atoms with van der Waals surface area (Å²) in [6.07, 6.45) is 5.51. The summed E-state index contributed by atoms with van der Waals surface area (Å²) in [7, 11) is 0. The van der Waals surface area contributed by atoms with Crippen LogP contribution >= 0.6 is 0 Å². The maximum Gasteiger partial charge on any atom is 0.255 e. The van der Waals surface area contributed by atoms with Crippen LogP contribution in [0.3, 0.4) is 0 Å². The minimum absolute atomic E-state index is 0.149. The van der Waals surface area contributed by atoms with Crippen molar-refractivity contribution in [2.75, 3.05) is 23.3 Å². The van der Waals surface area contributed by atoms with Gasteiger partial charge in [-0.1, -0.05) is 18.2 Å². The molecule has 1 aliphatic heterocycles. The molecule has 1 fully saturated rings. The molecule has 29 heavy (non-hydrogen) atoms. The van der Waals surface area contributed by atoms with Crippen molar-refractivity contribution < 1.29 is 9.53 Å². The van der Waals surface area contributed by atoms with Gasteiger partial charge in [0.1, 0.15) is 12.4 Å². The lowest BCUT2D eigenvalue weighted by Gasteiger charge is -2.28. The normalized spacial score (nSPS) is 13.7. The van der Waals surface area contributed by atoms with Crippen LogP contribution in [0.1, 0.15) is 35.3 Å². The maximum atomic E-state index is 12.7. The number of anilines is 2. The number of rotatable bonds is 6. The maximum absolute atomic E-state index is 12.7. The number of carbonyl (C=O) groups excluding carboxylic acids is 1. The number of amides is 1. The lowest BCUT2D eigenvalue weighted by molar-refractivity contribution is 0.102. The van der Waals surface area contributed by atoms with Gasteiger partial charge in [0.05, 0.1) is 11.4 Å². The molecule has 4 rings (SSSR count). The molecule has 0 aliphatic carbocycles. The van der Waals surface area contributed by atoms with E-state index in [0.29, 0.717) is 23.6 Å². The molecule has 0 bridgehead atoms. The van der Waals surface area contributed by atoms with E-state index in [4.69, 9.17) is 4.74 Å². The first-order chi connectivity index (χ1) is 14.3. The lowest BCUT2D eigenvalue weighted by Crippen LogP contribution is -2.29. The standard InChI is InChI=1S/C24H25N3O2/c28-24(19-11-13-21(14-12-19)27-16-6-1-7-17-27)26-22-9-2-3-10-23(22)29-18-20-8-4-5-15-25-20/h2-5,8-15H,1,6-7,16-18H2,(H,26,28). The Kier molecular flexibility index (Phi) is 6.05. The average Bonchev–Trinajstić information content (AvgIpc) is 2.80. The summed E-state index contributed by atoms with van der Waals surface area (Å²) in [6, 6.07) is 21.0. The Balaban J connectivity index is 1.41. The number of nitrogens with zero attached hydrogens (tertiary/aromatic N) is 2. The fourth-order valence-corrected chi connectivity index (χ4v) is 3.50. The quantitative estimate of drug-likeness (QED) is 0.653. The Morgan fingerprint density at radius 1 is 0.931 bits per heavy atom. The van der Waals surface area contributed by atoms with Gasteiger partial charge in [-0.15, -0.1) is 0 Å². The third kappa shape index (κ3) is 4.93. The van der Waals surface area contributed by atoms with Crippen LogP contribution in [0, 0.1) is 0 Å². The van der Waals surface area contributed by atoms with E-state index < -0.39 is 0 Å². The van der Waals surface area contributed by atoms with Crippen LogP contribution in [-0.2, 0) is 6.61 Å². The van der Waals surface area contributed by atoms with Gasteiger partial charge in [0, 0.05) is 30.5 Å². The van der Waals surface area contributed by atoms with Crippen LogP contribution in [0.25, 0.3) is 0 Å². The van der Waals surface area contributed by atoms with Crippen LogP contribution in [0.5, 0.6) is 5.75 Å². The molecular formula is C24H25N3O2. The third-order valence-electron chi connectivity index (χ3n) is 5.09. The second kappa shape index (κ2) is 9.24. The molecule has 148 valence electrons. The molecule has 0 atom stereocenters. The summed E-state index contributed by atoms with van der Waals surface area (Å²) < 4.78 is 5.87. The van der Waals surface area contributed by atoms with Crippen molar-refractivity contribution in [1.29, 1.82) is 0 Å². The molecule has 1 amide bonds. The minimum Gasteiger partial charge on any atom is -0.485 e. The zero-order valence-electron chi connectivity index (χ0n) is 16.4. The summed E-state index contributed by atoms with van der Waals surface area (Å²) in [5, 5.41) is 2.96. The van der Waals surface area contributed by atoms with Gasteiger partial charge >= 0.3 is 0 Å². The Morgan fingerprint density at radius 3 is 2.45 bits per heavy atom. The second-order valence-electron chi connectivity index (χ2n) is 7.15. The van der Waals surface area contributed by atoms with Crippen molar-refractivity contribution in [3.8, 4) is 5.75 Å². The fourth-order valence-electron chi connectivity index (χ4n) is 3.50. The van der Waals surface area contributed by atoms with E-state index in [1.54, 1.807) is 6.20 Å². The summed E-state index contributed by atoms with van der Waals surface area (Å²) in [5.74, 6) is 0.473. The number of nitrogens with one attached hydrogen (secondary N) is 1. The number of para-hydroxylation sites is 2. The Hall–Kier alpha value is -3.34. The van der Waals surface area contributed by atoms with Crippen LogP contribution < -0.4 is 15.0 Å². The molecule has 5 nitrogen and oxygen atoms in total. The zero-order chi connectivity index (χ0) is 19.9. The average molecular weight is 387 g/mol. The number of hydrogen-bond donors (Lipinski definition) is 1. The van der Waals surface area contributed by atoms with Gasteiger partial charge < -0.3 is 15.0 Å². The number of piperidine rings is 1. The predicted molar refractivity (Wildman–Crippen MR) is 115 cm³/mol.